The Balaban J connectivity index is 2.07. The summed E-state index contributed by atoms with van der Waals surface area (Å²) in [6.07, 6.45) is 0.505. The lowest BCUT2D eigenvalue weighted by Gasteiger charge is -2.11. The predicted octanol–water partition coefficient (Wildman–Crippen LogP) is 3.26. The van der Waals surface area contributed by atoms with Crippen LogP contribution >= 0.6 is 0 Å². The molecule has 0 saturated carbocycles. The van der Waals surface area contributed by atoms with Crippen LogP contribution in [0.1, 0.15) is 35.1 Å². The van der Waals surface area contributed by atoms with Crippen LogP contribution in [-0.4, -0.2) is 5.11 Å². The van der Waals surface area contributed by atoms with E-state index in [4.69, 9.17) is 0 Å². The molecule has 2 atom stereocenters. The minimum Gasteiger partial charge on any atom is -0.388 e. The van der Waals surface area contributed by atoms with Gasteiger partial charge in [0.25, 0.3) is 0 Å². The van der Waals surface area contributed by atoms with Crippen molar-refractivity contribution in [3.8, 4) is 0 Å². The number of aliphatic hydroxyl groups excluding tert-OH is 1. The molecule has 0 radical (unpaired) electrons. The molecular weight excluding hydrogens is 196 g/mol. The second kappa shape index (κ2) is 3.76. The third kappa shape index (κ3) is 1.44. The van der Waals surface area contributed by atoms with E-state index in [0.717, 1.165) is 12.0 Å². The Labute approximate surface area is 95.4 Å². The number of benzene rings is 2. The molecule has 2 aromatic carbocycles. The van der Waals surface area contributed by atoms with Gasteiger partial charge in [-0.25, -0.2) is 0 Å². The first kappa shape index (κ1) is 9.61. The number of hydrogen-bond donors (Lipinski definition) is 1. The Morgan fingerprint density at radius 1 is 0.812 bits per heavy atom. The zero-order valence-corrected chi connectivity index (χ0v) is 9.01. The molecule has 80 valence electrons. The third-order valence-corrected chi connectivity index (χ3v) is 3.39. The van der Waals surface area contributed by atoms with Gasteiger partial charge < -0.3 is 5.11 Å². The van der Waals surface area contributed by atoms with E-state index in [1.807, 2.05) is 24.3 Å². The highest BCUT2D eigenvalue weighted by Gasteiger charge is 2.29. The molecule has 0 spiro atoms. The predicted molar refractivity (Wildman–Crippen MR) is 64.3 cm³/mol. The van der Waals surface area contributed by atoms with Crippen LogP contribution in [0.5, 0.6) is 0 Å². The second-order valence-electron chi connectivity index (χ2n) is 4.34. The maximum atomic E-state index is 10.0. The molecule has 0 bridgehead atoms. The van der Waals surface area contributed by atoms with E-state index in [2.05, 4.69) is 30.3 Å². The monoisotopic (exact) mass is 210 g/mol. The van der Waals surface area contributed by atoms with Gasteiger partial charge in [0.15, 0.2) is 0 Å². The first-order valence-electron chi connectivity index (χ1n) is 5.68. The molecule has 0 heterocycles. The number of rotatable bonds is 1. The Kier molecular flexibility index (Phi) is 2.26. The van der Waals surface area contributed by atoms with Crippen LogP contribution in [-0.2, 0) is 0 Å². The zero-order valence-electron chi connectivity index (χ0n) is 9.01. The van der Waals surface area contributed by atoms with Gasteiger partial charge in [0.1, 0.15) is 0 Å². The minimum absolute atomic E-state index is 0.304. The highest BCUT2D eigenvalue weighted by Crippen LogP contribution is 2.43. The minimum atomic E-state index is -0.304. The highest BCUT2D eigenvalue weighted by molar-refractivity contribution is 5.43. The molecule has 1 heteroatoms. The van der Waals surface area contributed by atoms with Gasteiger partial charge in [0.2, 0.25) is 0 Å². The van der Waals surface area contributed by atoms with Crippen LogP contribution in [0, 0.1) is 0 Å². The quantitative estimate of drug-likeness (QED) is 0.766. The topological polar surface area (TPSA) is 20.2 Å². The van der Waals surface area contributed by atoms with Crippen molar-refractivity contribution in [2.45, 2.75) is 18.4 Å². The van der Waals surface area contributed by atoms with E-state index < -0.39 is 0 Å². The van der Waals surface area contributed by atoms with Crippen molar-refractivity contribution in [1.82, 2.24) is 0 Å². The fraction of sp³-hybridized carbons (Fsp3) is 0.200. The molecule has 0 aliphatic heterocycles. The summed E-state index contributed by atoms with van der Waals surface area (Å²) in [5, 5.41) is 10.0. The molecule has 1 N–H and O–H groups in total. The summed E-state index contributed by atoms with van der Waals surface area (Å²) >= 11 is 0. The maximum absolute atomic E-state index is 10.0. The van der Waals surface area contributed by atoms with Crippen LogP contribution in [0.3, 0.4) is 0 Å². The van der Waals surface area contributed by atoms with Crippen molar-refractivity contribution in [2.75, 3.05) is 0 Å². The summed E-state index contributed by atoms with van der Waals surface area (Å²) in [7, 11) is 0. The first-order valence-corrected chi connectivity index (χ1v) is 5.68. The Bertz CT molecular complexity index is 490. The molecule has 16 heavy (non-hydrogen) atoms. The Morgan fingerprint density at radius 2 is 1.44 bits per heavy atom. The van der Waals surface area contributed by atoms with Gasteiger partial charge in [-0.2, -0.15) is 0 Å². The average Bonchev–Trinajstić information content (AvgIpc) is 2.69. The molecular formula is C15H14O. The van der Waals surface area contributed by atoms with Crippen molar-refractivity contribution >= 4 is 0 Å². The van der Waals surface area contributed by atoms with Crippen molar-refractivity contribution in [1.29, 1.82) is 0 Å². The summed E-state index contributed by atoms with van der Waals surface area (Å²) in [5.41, 5.74) is 3.67. The fourth-order valence-corrected chi connectivity index (χ4v) is 2.61. The summed E-state index contributed by atoms with van der Waals surface area (Å²) in [5.74, 6) is 0.354. The molecule has 1 aliphatic rings. The number of hydrogen-bond acceptors (Lipinski definition) is 1. The summed E-state index contributed by atoms with van der Waals surface area (Å²) in [6.45, 7) is 0. The van der Waals surface area contributed by atoms with E-state index in [1.54, 1.807) is 0 Å². The van der Waals surface area contributed by atoms with E-state index in [9.17, 15) is 5.11 Å². The molecule has 0 fully saturated rings. The van der Waals surface area contributed by atoms with Crippen molar-refractivity contribution < 1.29 is 5.11 Å². The molecule has 2 aromatic rings. The lowest BCUT2D eigenvalue weighted by atomic mass is 9.93. The van der Waals surface area contributed by atoms with E-state index >= 15 is 0 Å². The highest BCUT2D eigenvalue weighted by atomic mass is 16.3. The maximum Gasteiger partial charge on any atom is 0.0802 e. The molecule has 0 saturated heterocycles. The number of aliphatic hydroxyl groups is 1. The lowest BCUT2D eigenvalue weighted by molar-refractivity contribution is 0.176. The van der Waals surface area contributed by atoms with Gasteiger partial charge in [-0.3, -0.25) is 0 Å². The smallest absolute Gasteiger partial charge is 0.0802 e. The van der Waals surface area contributed by atoms with Crippen LogP contribution in [0.4, 0.5) is 0 Å². The summed E-state index contributed by atoms with van der Waals surface area (Å²) in [6, 6.07) is 18.6. The van der Waals surface area contributed by atoms with Gasteiger partial charge in [0, 0.05) is 5.92 Å². The van der Waals surface area contributed by atoms with Crippen LogP contribution in [0.15, 0.2) is 54.6 Å². The Hall–Kier alpha value is -1.60. The number of fused-ring (bicyclic) bond motifs is 1. The zero-order chi connectivity index (χ0) is 11.0. The van der Waals surface area contributed by atoms with Crippen LogP contribution in [0.25, 0.3) is 0 Å². The van der Waals surface area contributed by atoms with Crippen molar-refractivity contribution in [2.24, 2.45) is 0 Å². The van der Waals surface area contributed by atoms with Crippen LogP contribution < -0.4 is 0 Å². The molecule has 1 aliphatic carbocycles. The molecule has 0 amide bonds. The SMILES string of the molecule is OC1C[C@H](c2ccccc2)c2ccccc21. The third-order valence-electron chi connectivity index (χ3n) is 3.39. The fourth-order valence-electron chi connectivity index (χ4n) is 2.61. The average molecular weight is 210 g/mol. The van der Waals surface area contributed by atoms with Gasteiger partial charge >= 0.3 is 0 Å². The lowest BCUT2D eigenvalue weighted by Crippen LogP contribution is -1.95. The van der Waals surface area contributed by atoms with Gasteiger partial charge in [-0.05, 0) is 23.1 Å². The molecule has 0 aromatic heterocycles. The van der Waals surface area contributed by atoms with Gasteiger partial charge in [-0.1, -0.05) is 54.6 Å². The standard InChI is InChI=1S/C15H14O/c16-15-10-14(11-6-2-1-3-7-11)12-8-4-5-9-13(12)15/h1-9,14-16H,10H2/t14-,15?/m1/s1. The van der Waals surface area contributed by atoms with Crippen LogP contribution in [0.2, 0.25) is 0 Å². The summed E-state index contributed by atoms with van der Waals surface area (Å²) < 4.78 is 0. The Morgan fingerprint density at radius 3 is 2.19 bits per heavy atom. The normalized spacial score (nSPS) is 23.1. The van der Waals surface area contributed by atoms with Gasteiger partial charge in [0.05, 0.1) is 6.10 Å². The molecule has 1 unspecified atom stereocenters. The molecule has 3 rings (SSSR count). The van der Waals surface area contributed by atoms with E-state index in [-0.39, 0.29) is 6.10 Å². The summed E-state index contributed by atoms with van der Waals surface area (Å²) in [4.78, 5) is 0. The van der Waals surface area contributed by atoms with Gasteiger partial charge in [-0.15, -0.1) is 0 Å². The first-order chi connectivity index (χ1) is 7.86. The molecule has 1 nitrogen and oxygen atoms in total. The van der Waals surface area contributed by atoms with Crippen molar-refractivity contribution in [3.63, 3.8) is 0 Å². The van der Waals surface area contributed by atoms with E-state index in [0.29, 0.717) is 5.92 Å². The largest absolute Gasteiger partial charge is 0.388 e. The van der Waals surface area contributed by atoms with Crippen molar-refractivity contribution in [3.05, 3.63) is 71.3 Å². The van der Waals surface area contributed by atoms with E-state index in [1.165, 1.54) is 11.1 Å². The second-order valence-corrected chi connectivity index (χ2v) is 4.34.